The number of sulfonamides is 1. The Bertz CT molecular complexity index is 941. The summed E-state index contributed by atoms with van der Waals surface area (Å²) in [4.78, 5) is 12.7. The van der Waals surface area contributed by atoms with Gasteiger partial charge in [0.15, 0.2) is 0 Å². The molecule has 0 radical (unpaired) electrons. The maximum absolute atomic E-state index is 12.7. The van der Waals surface area contributed by atoms with E-state index in [9.17, 15) is 13.2 Å². The molecule has 0 unspecified atom stereocenters. The molecule has 152 valence electrons. The Morgan fingerprint density at radius 1 is 1.18 bits per heavy atom. The second-order valence-corrected chi connectivity index (χ2v) is 8.74. The lowest BCUT2D eigenvalue weighted by Crippen LogP contribution is -2.41. The summed E-state index contributed by atoms with van der Waals surface area (Å²) >= 11 is 0. The van der Waals surface area contributed by atoms with Crippen LogP contribution in [0.5, 0.6) is 5.75 Å². The van der Waals surface area contributed by atoms with E-state index < -0.39 is 10.0 Å². The van der Waals surface area contributed by atoms with Gasteiger partial charge in [0.1, 0.15) is 12.3 Å². The lowest BCUT2D eigenvalue weighted by molar-refractivity contribution is -0.120. The molecule has 0 aliphatic carbocycles. The maximum atomic E-state index is 12.7. The molecule has 0 spiro atoms. The predicted molar refractivity (Wildman–Crippen MR) is 112 cm³/mol. The second-order valence-electron chi connectivity index (χ2n) is 6.83. The highest BCUT2D eigenvalue weighted by Gasteiger charge is 2.25. The van der Waals surface area contributed by atoms with Crippen LogP contribution >= 0.6 is 0 Å². The molecule has 0 bridgehead atoms. The van der Waals surface area contributed by atoms with Crippen molar-refractivity contribution in [3.8, 4) is 5.75 Å². The molecule has 1 N–H and O–H groups in total. The van der Waals surface area contributed by atoms with Gasteiger partial charge in [0.05, 0.1) is 25.1 Å². The number of hydrogen-bond acceptors (Lipinski definition) is 4. The summed E-state index contributed by atoms with van der Waals surface area (Å²) in [6, 6.07) is 12.6. The van der Waals surface area contributed by atoms with E-state index in [1.807, 2.05) is 32.9 Å². The van der Waals surface area contributed by atoms with E-state index >= 15 is 0 Å². The van der Waals surface area contributed by atoms with E-state index in [0.29, 0.717) is 17.9 Å². The van der Waals surface area contributed by atoms with Gasteiger partial charge >= 0.3 is 0 Å². The fourth-order valence-electron chi connectivity index (χ4n) is 3.20. The number of benzene rings is 2. The number of anilines is 1. The van der Waals surface area contributed by atoms with Gasteiger partial charge in [-0.3, -0.25) is 9.10 Å². The summed E-state index contributed by atoms with van der Waals surface area (Å²) < 4.78 is 31.0. The van der Waals surface area contributed by atoms with E-state index in [1.54, 1.807) is 24.3 Å². The normalized spacial score (nSPS) is 12.3. The minimum absolute atomic E-state index is 0.188. The third-order valence-electron chi connectivity index (χ3n) is 4.59. The molecule has 28 heavy (non-hydrogen) atoms. The van der Waals surface area contributed by atoms with Crippen LogP contribution in [0.15, 0.2) is 42.5 Å². The molecule has 0 saturated carbocycles. The van der Waals surface area contributed by atoms with Crippen LogP contribution in [-0.4, -0.2) is 34.2 Å². The molecular weight excluding hydrogens is 376 g/mol. The monoisotopic (exact) mass is 404 g/mol. The molecule has 2 aromatic carbocycles. The number of aryl methyl sites for hydroxylation is 2. The third kappa shape index (κ3) is 5.25. The van der Waals surface area contributed by atoms with Crippen molar-refractivity contribution in [1.82, 2.24) is 5.32 Å². The van der Waals surface area contributed by atoms with Crippen LogP contribution in [-0.2, 0) is 14.8 Å². The van der Waals surface area contributed by atoms with Crippen molar-refractivity contribution in [3.63, 3.8) is 0 Å². The van der Waals surface area contributed by atoms with Crippen LogP contribution in [0.4, 0.5) is 5.69 Å². The molecule has 0 aromatic heterocycles. The molecule has 2 aromatic rings. The second kappa shape index (κ2) is 9.10. The number of para-hydroxylation sites is 2. The van der Waals surface area contributed by atoms with Crippen molar-refractivity contribution in [1.29, 1.82) is 0 Å². The van der Waals surface area contributed by atoms with Gasteiger partial charge in [-0.15, -0.1) is 0 Å². The quantitative estimate of drug-likeness (QED) is 0.732. The zero-order valence-electron chi connectivity index (χ0n) is 17.0. The van der Waals surface area contributed by atoms with Crippen molar-refractivity contribution >= 4 is 21.6 Å². The van der Waals surface area contributed by atoms with Crippen LogP contribution in [0.3, 0.4) is 0 Å². The average Bonchev–Trinajstić information content (AvgIpc) is 2.63. The van der Waals surface area contributed by atoms with Gasteiger partial charge in [-0.05, 0) is 43.5 Å². The summed E-state index contributed by atoms with van der Waals surface area (Å²) in [7, 11) is -2.21. The van der Waals surface area contributed by atoms with Crippen LogP contribution < -0.4 is 14.4 Å². The Morgan fingerprint density at radius 3 is 2.43 bits per heavy atom. The molecule has 7 heteroatoms. The van der Waals surface area contributed by atoms with E-state index in [-0.39, 0.29) is 18.5 Å². The van der Waals surface area contributed by atoms with Crippen LogP contribution in [0.25, 0.3) is 0 Å². The van der Waals surface area contributed by atoms with E-state index in [4.69, 9.17) is 4.74 Å². The van der Waals surface area contributed by atoms with Gasteiger partial charge in [-0.2, -0.15) is 0 Å². The van der Waals surface area contributed by atoms with Gasteiger partial charge < -0.3 is 10.1 Å². The molecule has 2 rings (SSSR count). The molecule has 0 heterocycles. The number of carbonyl (C=O) groups excluding carboxylic acids is 1. The highest BCUT2D eigenvalue weighted by Crippen LogP contribution is 2.29. The topological polar surface area (TPSA) is 75.7 Å². The third-order valence-corrected chi connectivity index (χ3v) is 5.71. The molecule has 0 aliphatic heterocycles. The highest BCUT2D eigenvalue weighted by atomic mass is 32.2. The Hall–Kier alpha value is -2.54. The average molecular weight is 405 g/mol. The Morgan fingerprint density at radius 2 is 1.86 bits per heavy atom. The lowest BCUT2D eigenvalue weighted by atomic mass is 9.97. The first-order valence-corrected chi connectivity index (χ1v) is 11.0. The summed E-state index contributed by atoms with van der Waals surface area (Å²) in [6.07, 6.45) is 1.78. The van der Waals surface area contributed by atoms with E-state index in [2.05, 4.69) is 11.4 Å². The first-order chi connectivity index (χ1) is 13.2. The number of amides is 1. The molecule has 1 atom stereocenters. The first kappa shape index (κ1) is 21.8. The van der Waals surface area contributed by atoms with Crippen molar-refractivity contribution in [3.05, 3.63) is 59.2 Å². The standard InChI is InChI=1S/C21H28N2O4S/c1-6-18(17-12-11-15(2)13-16(17)3)22-21(24)14-23(28(5,25)26)19-9-7-8-10-20(19)27-4/h7-13,18H,6,14H2,1-5H3,(H,22,24)/t18-/m1/s1. The molecule has 0 aliphatic rings. The van der Waals surface area contributed by atoms with Crippen LogP contribution in [0.2, 0.25) is 0 Å². The van der Waals surface area contributed by atoms with Gasteiger partial charge in [-0.1, -0.05) is 42.8 Å². The molecule has 0 fully saturated rings. The smallest absolute Gasteiger partial charge is 0.241 e. The number of carbonyl (C=O) groups is 1. The van der Waals surface area contributed by atoms with Gasteiger partial charge in [0, 0.05) is 0 Å². The Kier molecular flexibility index (Phi) is 7.07. The predicted octanol–water partition coefficient (Wildman–Crippen LogP) is 3.35. The minimum atomic E-state index is -3.67. The lowest BCUT2D eigenvalue weighted by Gasteiger charge is -2.26. The first-order valence-electron chi connectivity index (χ1n) is 9.14. The molecular formula is C21H28N2O4S. The number of hydrogen-bond donors (Lipinski definition) is 1. The summed E-state index contributed by atoms with van der Waals surface area (Å²) in [5, 5.41) is 2.97. The van der Waals surface area contributed by atoms with Gasteiger partial charge in [0.2, 0.25) is 15.9 Å². The summed E-state index contributed by atoms with van der Waals surface area (Å²) in [5.74, 6) is 0.0188. The van der Waals surface area contributed by atoms with Gasteiger partial charge in [0.25, 0.3) is 0 Å². The number of nitrogens with one attached hydrogen (secondary N) is 1. The van der Waals surface area contributed by atoms with E-state index in [0.717, 1.165) is 27.3 Å². The summed E-state index contributed by atoms with van der Waals surface area (Å²) in [5.41, 5.74) is 3.62. The zero-order valence-corrected chi connectivity index (χ0v) is 17.8. The molecule has 0 saturated heterocycles. The van der Waals surface area contributed by atoms with Crippen LogP contribution in [0.1, 0.15) is 36.1 Å². The number of ether oxygens (including phenoxy) is 1. The zero-order chi connectivity index (χ0) is 20.9. The van der Waals surface area contributed by atoms with Gasteiger partial charge in [-0.25, -0.2) is 8.42 Å². The molecule has 1 amide bonds. The maximum Gasteiger partial charge on any atom is 0.241 e. The summed E-state index contributed by atoms with van der Waals surface area (Å²) in [6.45, 7) is 5.70. The number of rotatable bonds is 8. The van der Waals surface area contributed by atoms with Crippen molar-refractivity contribution in [2.24, 2.45) is 0 Å². The number of nitrogens with zero attached hydrogens (tertiary/aromatic N) is 1. The van der Waals surface area contributed by atoms with Crippen molar-refractivity contribution in [2.45, 2.75) is 33.2 Å². The van der Waals surface area contributed by atoms with Crippen molar-refractivity contribution < 1.29 is 17.9 Å². The molecule has 6 nitrogen and oxygen atoms in total. The Labute approximate surface area is 167 Å². The Balaban J connectivity index is 2.26. The largest absolute Gasteiger partial charge is 0.495 e. The van der Waals surface area contributed by atoms with E-state index in [1.165, 1.54) is 7.11 Å². The minimum Gasteiger partial charge on any atom is -0.495 e. The highest BCUT2D eigenvalue weighted by molar-refractivity contribution is 7.92. The van der Waals surface area contributed by atoms with Crippen LogP contribution in [0, 0.1) is 13.8 Å². The SMILES string of the molecule is CC[C@@H](NC(=O)CN(c1ccccc1OC)S(C)(=O)=O)c1ccc(C)cc1C. The fourth-order valence-corrected chi connectivity index (χ4v) is 4.06. The van der Waals surface area contributed by atoms with Crippen molar-refractivity contribution in [2.75, 3.05) is 24.2 Å². The number of methoxy groups -OCH3 is 1. The fraction of sp³-hybridized carbons (Fsp3) is 0.381.